The van der Waals surface area contributed by atoms with Crippen LogP contribution in [-0.4, -0.2) is 9.97 Å². The van der Waals surface area contributed by atoms with Crippen molar-refractivity contribution in [3.8, 4) is 5.88 Å². The molecule has 3 rings (SSSR count). The number of aromatic nitrogens is 2. The van der Waals surface area contributed by atoms with Crippen molar-refractivity contribution in [2.24, 2.45) is 0 Å². The first-order chi connectivity index (χ1) is 9.65. The van der Waals surface area contributed by atoms with E-state index < -0.39 is 0 Å². The fraction of sp³-hybridized carbons (Fsp3) is 0.200. The third-order valence-electron chi connectivity index (χ3n) is 3.20. The Balaban J connectivity index is 1.91. The molecule has 2 heterocycles. The molecule has 20 heavy (non-hydrogen) atoms. The van der Waals surface area contributed by atoms with Crippen LogP contribution in [0.15, 0.2) is 30.6 Å². The molecular formula is C15H13FN2OS. The van der Waals surface area contributed by atoms with E-state index in [1.165, 1.54) is 23.3 Å². The van der Waals surface area contributed by atoms with Gasteiger partial charge in [-0.05, 0) is 37.1 Å². The lowest BCUT2D eigenvalue weighted by molar-refractivity contribution is 0.297. The van der Waals surface area contributed by atoms with Crippen LogP contribution in [0.25, 0.3) is 10.2 Å². The summed E-state index contributed by atoms with van der Waals surface area (Å²) in [5, 5.41) is 0.950. The second-order valence-corrected chi connectivity index (χ2v) is 5.76. The summed E-state index contributed by atoms with van der Waals surface area (Å²) in [5.41, 5.74) is 1.92. The van der Waals surface area contributed by atoms with Crippen LogP contribution in [0.3, 0.4) is 0 Å². The molecular weight excluding hydrogens is 275 g/mol. The average molecular weight is 288 g/mol. The molecule has 0 aliphatic heterocycles. The Morgan fingerprint density at radius 2 is 2.10 bits per heavy atom. The van der Waals surface area contributed by atoms with E-state index in [1.54, 1.807) is 17.4 Å². The van der Waals surface area contributed by atoms with Crippen molar-refractivity contribution in [2.75, 3.05) is 0 Å². The molecule has 2 aromatic heterocycles. The Morgan fingerprint density at radius 1 is 1.25 bits per heavy atom. The number of halogens is 1. The van der Waals surface area contributed by atoms with E-state index in [4.69, 9.17) is 4.74 Å². The van der Waals surface area contributed by atoms with Gasteiger partial charge in [0.05, 0.1) is 5.39 Å². The van der Waals surface area contributed by atoms with Gasteiger partial charge in [-0.2, -0.15) is 0 Å². The lowest BCUT2D eigenvalue weighted by Crippen LogP contribution is -1.98. The molecule has 3 aromatic rings. The van der Waals surface area contributed by atoms with Crippen LogP contribution in [0.4, 0.5) is 4.39 Å². The second kappa shape index (κ2) is 5.17. The summed E-state index contributed by atoms with van der Waals surface area (Å²) in [7, 11) is 0. The standard InChI is InChI=1S/C15H13FN2OS/c1-9-10(2)20-15-13(9)14(17-8-18-15)19-7-11-4-3-5-12(16)6-11/h3-6,8H,7H2,1-2H3. The number of rotatable bonds is 3. The Bertz CT molecular complexity index is 770. The van der Waals surface area contributed by atoms with E-state index >= 15 is 0 Å². The molecule has 0 amide bonds. The zero-order valence-corrected chi connectivity index (χ0v) is 12.0. The van der Waals surface area contributed by atoms with E-state index in [2.05, 4.69) is 16.9 Å². The molecule has 0 unspecified atom stereocenters. The summed E-state index contributed by atoms with van der Waals surface area (Å²) in [6.07, 6.45) is 1.50. The molecule has 0 bridgehead atoms. The minimum atomic E-state index is -0.263. The monoisotopic (exact) mass is 288 g/mol. The van der Waals surface area contributed by atoms with E-state index in [0.29, 0.717) is 5.88 Å². The predicted molar refractivity (Wildman–Crippen MR) is 77.6 cm³/mol. The van der Waals surface area contributed by atoms with E-state index in [-0.39, 0.29) is 12.4 Å². The highest BCUT2D eigenvalue weighted by Gasteiger charge is 2.13. The van der Waals surface area contributed by atoms with Crippen LogP contribution in [0.2, 0.25) is 0 Å². The van der Waals surface area contributed by atoms with Gasteiger partial charge in [-0.3, -0.25) is 0 Å². The quantitative estimate of drug-likeness (QED) is 0.730. The number of fused-ring (bicyclic) bond motifs is 1. The van der Waals surface area contributed by atoms with Gasteiger partial charge in [0.15, 0.2) is 0 Å². The maximum atomic E-state index is 13.1. The summed E-state index contributed by atoms with van der Waals surface area (Å²) in [4.78, 5) is 10.6. The fourth-order valence-corrected chi connectivity index (χ4v) is 3.03. The Kier molecular flexibility index (Phi) is 3.36. The van der Waals surface area contributed by atoms with Gasteiger partial charge in [0.2, 0.25) is 5.88 Å². The van der Waals surface area contributed by atoms with Crippen molar-refractivity contribution < 1.29 is 9.13 Å². The molecule has 3 nitrogen and oxygen atoms in total. The first kappa shape index (κ1) is 13.0. The molecule has 0 aliphatic rings. The van der Waals surface area contributed by atoms with E-state index in [1.807, 2.05) is 13.0 Å². The first-order valence-electron chi connectivity index (χ1n) is 6.23. The largest absolute Gasteiger partial charge is 0.472 e. The Hall–Kier alpha value is -2.01. The van der Waals surface area contributed by atoms with Crippen LogP contribution in [0.1, 0.15) is 16.0 Å². The summed E-state index contributed by atoms with van der Waals surface area (Å²) in [6.45, 7) is 4.38. The van der Waals surface area contributed by atoms with Gasteiger partial charge in [0, 0.05) is 4.88 Å². The van der Waals surface area contributed by atoms with Gasteiger partial charge in [-0.1, -0.05) is 12.1 Å². The molecule has 0 spiro atoms. The van der Waals surface area contributed by atoms with Crippen LogP contribution < -0.4 is 4.74 Å². The zero-order chi connectivity index (χ0) is 14.1. The van der Waals surface area contributed by atoms with Crippen molar-refractivity contribution in [1.29, 1.82) is 0 Å². The molecule has 0 N–H and O–H groups in total. The minimum Gasteiger partial charge on any atom is -0.472 e. The fourth-order valence-electron chi connectivity index (χ4n) is 2.04. The lowest BCUT2D eigenvalue weighted by Gasteiger charge is -2.07. The normalized spacial score (nSPS) is 10.9. The third-order valence-corrected chi connectivity index (χ3v) is 4.31. The van der Waals surface area contributed by atoms with E-state index in [9.17, 15) is 4.39 Å². The van der Waals surface area contributed by atoms with Crippen molar-refractivity contribution in [3.05, 3.63) is 52.4 Å². The second-order valence-electron chi connectivity index (χ2n) is 4.56. The highest BCUT2D eigenvalue weighted by Crippen LogP contribution is 2.33. The molecule has 102 valence electrons. The van der Waals surface area contributed by atoms with Gasteiger partial charge in [-0.15, -0.1) is 11.3 Å². The predicted octanol–water partition coefficient (Wildman–Crippen LogP) is 4.03. The smallest absolute Gasteiger partial charge is 0.225 e. The molecule has 0 radical (unpaired) electrons. The minimum absolute atomic E-state index is 0.263. The highest BCUT2D eigenvalue weighted by atomic mass is 32.1. The van der Waals surface area contributed by atoms with Crippen molar-refractivity contribution in [1.82, 2.24) is 9.97 Å². The van der Waals surface area contributed by atoms with Gasteiger partial charge < -0.3 is 4.74 Å². The van der Waals surface area contributed by atoms with E-state index in [0.717, 1.165) is 21.3 Å². The molecule has 1 aromatic carbocycles. The van der Waals surface area contributed by atoms with Crippen molar-refractivity contribution in [3.63, 3.8) is 0 Å². The molecule has 0 saturated heterocycles. The van der Waals surface area contributed by atoms with Gasteiger partial charge in [0.25, 0.3) is 0 Å². The number of nitrogens with zero attached hydrogens (tertiary/aromatic N) is 2. The SMILES string of the molecule is Cc1sc2ncnc(OCc3cccc(F)c3)c2c1C. The number of benzene rings is 1. The first-order valence-corrected chi connectivity index (χ1v) is 7.05. The van der Waals surface area contributed by atoms with Gasteiger partial charge in [-0.25, -0.2) is 14.4 Å². The molecule has 0 aliphatic carbocycles. The molecule has 5 heteroatoms. The topological polar surface area (TPSA) is 35.0 Å². The molecule has 0 atom stereocenters. The van der Waals surface area contributed by atoms with Crippen LogP contribution in [0.5, 0.6) is 5.88 Å². The van der Waals surface area contributed by atoms with Crippen LogP contribution in [0, 0.1) is 19.7 Å². The number of thiophene rings is 1. The number of aryl methyl sites for hydroxylation is 2. The maximum Gasteiger partial charge on any atom is 0.225 e. The summed E-state index contributed by atoms with van der Waals surface area (Å²) < 4.78 is 18.9. The van der Waals surface area contributed by atoms with Gasteiger partial charge in [0.1, 0.15) is 23.6 Å². The zero-order valence-electron chi connectivity index (χ0n) is 11.2. The summed E-state index contributed by atoms with van der Waals surface area (Å²) in [5.74, 6) is 0.294. The Labute approximate surface area is 120 Å². The van der Waals surface area contributed by atoms with Crippen molar-refractivity contribution in [2.45, 2.75) is 20.5 Å². The molecule has 0 saturated carbocycles. The highest BCUT2D eigenvalue weighted by molar-refractivity contribution is 7.18. The van der Waals surface area contributed by atoms with Crippen LogP contribution >= 0.6 is 11.3 Å². The number of hydrogen-bond donors (Lipinski definition) is 0. The Morgan fingerprint density at radius 3 is 2.90 bits per heavy atom. The maximum absolute atomic E-state index is 13.1. The average Bonchev–Trinajstić information content (AvgIpc) is 2.73. The number of hydrogen-bond acceptors (Lipinski definition) is 4. The summed E-state index contributed by atoms with van der Waals surface area (Å²) >= 11 is 1.63. The number of ether oxygens (including phenoxy) is 1. The summed E-state index contributed by atoms with van der Waals surface area (Å²) in [6, 6.07) is 6.37. The van der Waals surface area contributed by atoms with Gasteiger partial charge >= 0.3 is 0 Å². The van der Waals surface area contributed by atoms with Crippen molar-refractivity contribution >= 4 is 21.6 Å². The lowest BCUT2D eigenvalue weighted by atomic mass is 10.2. The third kappa shape index (κ3) is 2.36. The van der Waals surface area contributed by atoms with Crippen LogP contribution in [-0.2, 0) is 6.61 Å². The molecule has 0 fully saturated rings.